The molecule has 2 aliphatic rings. The summed E-state index contributed by atoms with van der Waals surface area (Å²) in [5.74, 6) is -2.02. The molecule has 2 aliphatic heterocycles. The van der Waals surface area contributed by atoms with E-state index < -0.39 is 22.8 Å². The fourth-order valence-electron chi connectivity index (χ4n) is 4.92. The zero-order valence-electron chi connectivity index (χ0n) is 23.6. The summed E-state index contributed by atoms with van der Waals surface area (Å²) in [5.41, 5.74) is 2.00. The second-order valence-corrected chi connectivity index (χ2v) is 9.91. The molecule has 0 spiro atoms. The minimum absolute atomic E-state index is 0.0393. The van der Waals surface area contributed by atoms with Crippen LogP contribution >= 0.6 is 0 Å². The smallest absolute Gasteiger partial charge is 0.336 e. The molecule has 2 aromatic rings. The number of dihydropyridines is 1. The molecule has 0 bridgehead atoms. The van der Waals surface area contributed by atoms with Crippen molar-refractivity contribution < 1.29 is 38.3 Å². The predicted molar refractivity (Wildman–Crippen MR) is 152 cm³/mol. The van der Waals surface area contributed by atoms with Crippen LogP contribution in [0.25, 0.3) is 0 Å². The minimum Gasteiger partial charge on any atom is -0.490 e. The van der Waals surface area contributed by atoms with Gasteiger partial charge >= 0.3 is 11.9 Å². The molecule has 1 saturated heterocycles. The van der Waals surface area contributed by atoms with Gasteiger partial charge in [0.05, 0.1) is 28.1 Å². The van der Waals surface area contributed by atoms with Gasteiger partial charge in [-0.25, -0.2) is 9.59 Å². The lowest BCUT2D eigenvalue weighted by atomic mass is 9.80. The van der Waals surface area contributed by atoms with E-state index >= 15 is 0 Å². The average molecular weight is 580 g/mol. The Balaban J connectivity index is 1.51. The maximum Gasteiger partial charge on any atom is 0.336 e. The number of nitro groups is 1. The van der Waals surface area contributed by atoms with Gasteiger partial charge in [0, 0.05) is 42.7 Å². The van der Waals surface area contributed by atoms with Crippen molar-refractivity contribution in [3.8, 4) is 5.75 Å². The Hall–Kier alpha value is -4.71. The van der Waals surface area contributed by atoms with E-state index in [0.717, 1.165) is 12.8 Å². The number of non-ortho nitro benzene ring substituents is 1. The molecule has 1 fully saturated rings. The molecule has 42 heavy (non-hydrogen) atoms. The molecule has 0 aromatic heterocycles. The van der Waals surface area contributed by atoms with Gasteiger partial charge in [-0.1, -0.05) is 12.1 Å². The van der Waals surface area contributed by atoms with Gasteiger partial charge in [0.25, 0.3) is 5.69 Å². The Kier molecular flexibility index (Phi) is 9.92. The van der Waals surface area contributed by atoms with Gasteiger partial charge in [-0.05, 0) is 56.5 Å². The summed E-state index contributed by atoms with van der Waals surface area (Å²) in [7, 11) is 0. The molecule has 222 valence electrons. The third-order valence-electron chi connectivity index (χ3n) is 6.80. The van der Waals surface area contributed by atoms with Crippen LogP contribution in [0.2, 0.25) is 0 Å². The van der Waals surface area contributed by atoms with Crippen LogP contribution in [0.5, 0.6) is 5.75 Å². The number of ether oxygens (including phenoxy) is 4. The summed E-state index contributed by atoms with van der Waals surface area (Å²) < 4.78 is 22.3. The first-order chi connectivity index (χ1) is 20.1. The molecule has 12 heteroatoms. The number of hydrogen-bond acceptors (Lipinski definition) is 10. The van der Waals surface area contributed by atoms with E-state index in [1.54, 1.807) is 44.2 Å². The quantitative estimate of drug-likeness (QED) is 0.172. The predicted octanol–water partition coefficient (Wildman–Crippen LogP) is 4.13. The van der Waals surface area contributed by atoms with Crippen LogP contribution in [0.1, 0.15) is 45.1 Å². The van der Waals surface area contributed by atoms with Gasteiger partial charge in [0.1, 0.15) is 25.6 Å². The lowest BCUT2D eigenvalue weighted by molar-refractivity contribution is -0.384. The highest BCUT2D eigenvalue weighted by Crippen LogP contribution is 2.40. The number of hydrogen-bond donors (Lipinski definition) is 2. The van der Waals surface area contributed by atoms with Crippen molar-refractivity contribution in [2.24, 2.45) is 0 Å². The first-order valence-corrected chi connectivity index (χ1v) is 13.5. The number of benzene rings is 2. The van der Waals surface area contributed by atoms with Gasteiger partial charge < -0.3 is 29.6 Å². The van der Waals surface area contributed by atoms with Crippen molar-refractivity contribution in [1.29, 1.82) is 0 Å². The summed E-state index contributed by atoms with van der Waals surface area (Å²) in [6, 6.07) is 12.5. The first kappa shape index (κ1) is 30.3. The van der Waals surface area contributed by atoms with Crippen LogP contribution in [0.15, 0.2) is 71.1 Å². The molecule has 2 N–H and O–H groups in total. The molecule has 0 aliphatic carbocycles. The molecule has 2 aromatic carbocycles. The van der Waals surface area contributed by atoms with Crippen molar-refractivity contribution in [2.45, 2.75) is 45.6 Å². The number of esters is 2. The Bertz CT molecular complexity index is 1410. The van der Waals surface area contributed by atoms with Gasteiger partial charge in [-0.3, -0.25) is 14.9 Å². The number of amides is 1. The fraction of sp³-hybridized carbons (Fsp3) is 0.367. The number of allylic oxidation sites excluding steroid dienone is 2. The fourth-order valence-corrected chi connectivity index (χ4v) is 4.92. The molecule has 12 nitrogen and oxygen atoms in total. The third-order valence-corrected chi connectivity index (χ3v) is 6.80. The summed E-state index contributed by atoms with van der Waals surface area (Å²) in [6.07, 6.45) is 1.45. The van der Waals surface area contributed by atoms with E-state index in [1.807, 2.05) is 0 Å². The van der Waals surface area contributed by atoms with Gasteiger partial charge in [-0.15, -0.1) is 0 Å². The van der Waals surface area contributed by atoms with Crippen molar-refractivity contribution in [2.75, 3.05) is 31.7 Å². The normalized spacial score (nSPS) is 18.3. The Morgan fingerprint density at radius 2 is 1.71 bits per heavy atom. The molecule has 0 radical (unpaired) electrons. The maximum absolute atomic E-state index is 13.5. The van der Waals surface area contributed by atoms with Gasteiger partial charge in [0.2, 0.25) is 5.91 Å². The largest absolute Gasteiger partial charge is 0.490 e. The summed E-state index contributed by atoms with van der Waals surface area (Å²) in [4.78, 5) is 49.1. The SMILES string of the molecule is CC(=O)Nc1ccc(OCCOC(=O)C2=C(C)NC(C)=C(C(=O)OC[C@@H]3CCCO3)[C@@H]2c2cccc([N+](=O)[O-])c2)cc1. The third kappa shape index (κ3) is 7.52. The molecule has 0 unspecified atom stereocenters. The van der Waals surface area contributed by atoms with E-state index in [9.17, 15) is 24.5 Å². The summed E-state index contributed by atoms with van der Waals surface area (Å²) >= 11 is 0. The molecular formula is C30H33N3O9. The van der Waals surface area contributed by atoms with Crippen LogP contribution in [-0.2, 0) is 28.6 Å². The maximum atomic E-state index is 13.5. The average Bonchev–Trinajstić information content (AvgIpc) is 3.48. The number of carbonyl (C=O) groups excluding carboxylic acids is 3. The second kappa shape index (κ2) is 13.8. The van der Waals surface area contributed by atoms with E-state index in [-0.39, 0.29) is 48.7 Å². The molecule has 2 atom stereocenters. The lowest BCUT2D eigenvalue weighted by Crippen LogP contribution is -2.33. The topological polar surface area (TPSA) is 155 Å². The van der Waals surface area contributed by atoms with E-state index in [4.69, 9.17) is 18.9 Å². The van der Waals surface area contributed by atoms with Gasteiger partial charge in [-0.2, -0.15) is 0 Å². The zero-order chi connectivity index (χ0) is 30.2. The summed E-state index contributed by atoms with van der Waals surface area (Å²) in [6.45, 7) is 5.37. The van der Waals surface area contributed by atoms with Crippen LogP contribution in [0, 0.1) is 10.1 Å². The highest BCUT2D eigenvalue weighted by molar-refractivity contribution is 6.00. The van der Waals surface area contributed by atoms with Gasteiger partial charge in [0.15, 0.2) is 0 Å². The van der Waals surface area contributed by atoms with Crippen molar-refractivity contribution in [3.63, 3.8) is 0 Å². The zero-order valence-corrected chi connectivity index (χ0v) is 23.6. The van der Waals surface area contributed by atoms with Crippen molar-refractivity contribution in [3.05, 3.63) is 86.7 Å². The van der Waals surface area contributed by atoms with Crippen LogP contribution in [-0.4, -0.2) is 55.3 Å². The first-order valence-electron chi connectivity index (χ1n) is 13.5. The Morgan fingerprint density at radius 3 is 2.33 bits per heavy atom. The van der Waals surface area contributed by atoms with E-state index in [0.29, 0.717) is 35.0 Å². The highest BCUT2D eigenvalue weighted by atomic mass is 16.6. The molecule has 1 amide bonds. The van der Waals surface area contributed by atoms with Crippen LogP contribution in [0.4, 0.5) is 11.4 Å². The monoisotopic (exact) mass is 579 g/mol. The Morgan fingerprint density at radius 1 is 1.02 bits per heavy atom. The Labute approximate surface area is 242 Å². The van der Waals surface area contributed by atoms with Crippen molar-refractivity contribution >= 4 is 29.2 Å². The van der Waals surface area contributed by atoms with E-state index in [2.05, 4.69) is 10.6 Å². The number of carbonyl (C=O) groups is 3. The standard InChI is InChI=1S/C30H33N3O9/c1-18-26(29(35)41-15-14-40-24-11-9-22(10-12-24)32-20(3)34)28(21-6-4-7-23(16-21)33(37)38)27(19(2)31-18)30(36)42-17-25-8-5-13-39-25/h4,6-7,9-12,16,25,28,31H,5,8,13-15,17H2,1-3H3,(H,32,34)/t25-,28+/m0/s1. The van der Waals surface area contributed by atoms with Crippen molar-refractivity contribution in [1.82, 2.24) is 5.32 Å². The highest BCUT2D eigenvalue weighted by Gasteiger charge is 2.39. The molecule has 2 heterocycles. The summed E-state index contributed by atoms with van der Waals surface area (Å²) in [5, 5.41) is 17.3. The number of nitrogens with zero attached hydrogens (tertiary/aromatic N) is 1. The number of nitro benzene ring substituents is 1. The molecular weight excluding hydrogens is 546 g/mol. The molecule has 4 rings (SSSR count). The van der Waals surface area contributed by atoms with Crippen LogP contribution in [0.3, 0.4) is 0 Å². The molecule has 0 saturated carbocycles. The lowest BCUT2D eigenvalue weighted by Gasteiger charge is -2.30. The minimum atomic E-state index is -0.974. The number of anilines is 1. The number of rotatable bonds is 11. The van der Waals surface area contributed by atoms with E-state index in [1.165, 1.54) is 25.1 Å². The number of nitrogens with one attached hydrogen (secondary N) is 2. The van der Waals surface area contributed by atoms with Crippen LogP contribution < -0.4 is 15.4 Å². The second-order valence-electron chi connectivity index (χ2n) is 9.91.